The maximum Gasteiger partial charge on any atom is 0.319 e. The Bertz CT molecular complexity index is 1660. The molecule has 2 aromatic heterocycles. The Balaban J connectivity index is 1.51. The number of aryl methyl sites for hydroxylation is 1. The van der Waals surface area contributed by atoms with E-state index in [0.29, 0.717) is 52.7 Å². The summed E-state index contributed by atoms with van der Waals surface area (Å²) in [5.41, 5.74) is 0.847. The SMILES string of the molecule is CCc1c(F)ccc2cc(O)cc(-c3ncc4c(N5CCCCC(OC)C5)nc(OCC5(CN(C)C)CC5)nc4c3F)c12. The standard InChI is InChI=1S/C33H39F2N5O3/c1-5-23-26(34)10-9-20-14-21(41)15-24(27(20)23)29-28(35)30-25(16-36-29)31(40-13-7-6-8-22(17-40)42-4)38-32(37-30)43-19-33(11-12-33)18-39(2)3/h9-10,14-16,22,41H,5-8,11-13,17-19H2,1-4H3. The second-order valence-corrected chi connectivity index (χ2v) is 12.3. The predicted molar refractivity (Wildman–Crippen MR) is 164 cm³/mol. The normalized spacial score (nSPS) is 18.4. The maximum absolute atomic E-state index is 16.7. The molecule has 1 atom stereocenters. The summed E-state index contributed by atoms with van der Waals surface area (Å²) >= 11 is 0. The van der Waals surface area contributed by atoms with Crippen LogP contribution in [0.15, 0.2) is 30.5 Å². The van der Waals surface area contributed by atoms with E-state index in [1.165, 1.54) is 12.1 Å². The highest BCUT2D eigenvalue weighted by atomic mass is 19.1. The lowest BCUT2D eigenvalue weighted by Crippen LogP contribution is -2.33. The van der Waals surface area contributed by atoms with Crippen LogP contribution >= 0.6 is 0 Å². The quantitative estimate of drug-likeness (QED) is 0.249. The van der Waals surface area contributed by atoms with Crippen molar-refractivity contribution in [3.05, 3.63) is 47.7 Å². The number of hydrogen-bond donors (Lipinski definition) is 1. The van der Waals surface area contributed by atoms with Crippen molar-refractivity contribution in [2.45, 2.75) is 51.6 Å². The lowest BCUT2D eigenvalue weighted by molar-refractivity contribution is 0.103. The lowest BCUT2D eigenvalue weighted by Gasteiger charge is -2.26. The molecule has 1 aliphatic carbocycles. The van der Waals surface area contributed by atoms with Gasteiger partial charge in [-0.1, -0.05) is 13.0 Å². The van der Waals surface area contributed by atoms with Crippen LogP contribution in [0.25, 0.3) is 32.9 Å². The molecule has 0 amide bonds. The Morgan fingerprint density at radius 1 is 1.14 bits per heavy atom. The number of methoxy groups -OCH3 is 1. The number of rotatable bonds is 9. The summed E-state index contributed by atoms with van der Waals surface area (Å²) in [6, 6.07) is 6.06. The number of anilines is 1. The van der Waals surface area contributed by atoms with Gasteiger partial charge in [0, 0.05) is 43.9 Å². The van der Waals surface area contributed by atoms with Crippen LogP contribution in [0.3, 0.4) is 0 Å². The third kappa shape index (κ3) is 5.82. The van der Waals surface area contributed by atoms with Crippen molar-refractivity contribution in [3.63, 3.8) is 0 Å². The second kappa shape index (κ2) is 11.8. The number of phenolic OH excluding ortho intramolecular Hbond substituents is 1. The van der Waals surface area contributed by atoms with Crippen LogP contribution in [0.2, 0.25) is 0 Å². The molecule has 8 nitrogen and oxygen atoms in total. The highest BCUT2D eigenvalue weighted by Crippen LogP contribution is 2.46. The van der Waals surface area contributed by atoms with Crippen LogP contribution in [0, 0.1) is 17.0 Å². The smallest absolute Gasteiger partial charge is 0.319 e. The molecule has 1 unspecified atom stereocenters. The maximum atomic E-state index is 16.7. The molecular formula is C33H39F2N5O3. The Labute approximate surface area is 250 Å². The molecule has 228 valence electrons. The molecule has 1 saturated heterocycles. The zero-order chi connectivity index (χ0) is 30.3. The largest absolute Gasteiger partial charge is 0.508 e. The molecule has 2 aliphatic rings. The zero-order valence-corrected chi connectivity index (χ0v) is 25.3. The van der Waals surface area contributed by atoms with Gasteiger partial charge >= 0.3 is 6.01 Å². The number of aromatic hydroxyl groups is 1. The average Bonchev–Trinajstić information content (AvgIpc) is 3.79. The van der Waals surface area contributed by atoms with E-state index in [1.807, 2.05) is 21.0 Å². The summed E-state index contributed by atoms with van der Waals surface area (Å²) in [5, 5.41) is 12.1. The molecule has 0 spiro atoms. The number of hydrogen-bond acceptors (Lipinski definition) is 8. The van der Waals surface area contributed by atoms with Gasteiger partial charge in [-0.3, -0.25) is 4.98 Å². The van der Waals surface area contributed by atoms with Gasteiger partial charge in [-0.05, 0) is 87.2 Å². The molecule has 43 heavy (non-hydrogen) atoms. The molecular weight excluding hydrogens is 552 g/mol. The Hall–Kier alpha value is -3.63. The minimum absolute atomic E-state index is 0.0128. The molecule has 1 saturated carbocycles. The zero-order valence-electron chi connectivity index (χ0n) is 25.3. The first-order valence-corrected chi connectivity index (χ1v) is 15.1. The van der Waals surface area contributed by atoms with Crippen molar-refractivity contribution in [3.8, 4) is 23.0 Å². The van der Waals surface area contributed by atoms with E-state index in [0.717, 1.165) is 45.2 Å². The van der Waals surface area contributed by atoms with E-state index in [-0.39, 0.29) is 40.3 Å². The van der Waals surface area contributed by atoms with E-state index >= 15 is 4.39 Å². The van der Waals surface area contributed by atoms with Gasteiger partial charge in [-0.2, -0.15) is 9.97 Å². The Kier molecular flexibility index (Phi) is 8.08. The molecule has 2 fully saturated rings. The fraction of sp³-hybridized carbons (Fsp3) is 0.485. The fourth-order valence-corrected chi connectivity index (χ4v) is 6.45. The first kappa shape index (κ1) is 29.4. The van der Waals surface area contributed by atoms with Crippen molar-refractivity contribution in [2.75, 3.05) is 52.3 Å². The van der Waals surface area contributed by atoms with E-state index in [4.69, 9.17) is 14.5 Å². The number of nitrogens with zero attached hydrogens (tertiary/aromatic N) is 5. The van der Waals surface area contributed by atoms with Crippen molar-refractivity contribution in [1.82, 2.24) is 19.9 Å². The third-order valence-corrected chi connectivity index (χ3v) is 8.78. The average molecular weight is 592 g/mol. The summed E-state index contributed by atoms with van der Waals surface area (Å²) in [4.78, 5) is 18.2. The highest BCUT2D eigenvalue weighted by molar-refractivity contribution is 6.01. The number of aromatic nitrogens is 3. The molecule has 0 radical (unpaired) electrons. The molecule has 4 aromatic rings. The molecule has 6 rings (SSSR count). The summed E-state index contributed by atoms with van der Waals surface area (Å²) in [6.45, 7) is 4.51. The van der Waals surface area contributed by atoms with Gasteiger partial charge in [-0.15, -0.1) is 0 Å². The van der Waals surface area contributed by atoms with Crippen LogP contribution < -0.4 is 9.64 Å². The van der Waals surface area contributed by atoms with Gasteiger partial charge in [0.2, 0.25) is 0 Å². The molecule has 1 N–H and O–H groups in total. The number of ether oxygens (including phenoxy) is 2. The first-order valence-electron chi connectivity index (χ1n) is 15.1. The van der Waals surface area contributed by atoms with Crippen LogP contribution in [0.4, 0.5) is 14.6 Å². The van der Waals surface area contributed by atoms with E-state index in [1.54, 1.807) is 25.4 Å². The van der Waals surface area contributed by atoms with Crippen LogP contribution in [0.5, 0.6) is 11.8 Å². The fourth-order valence-electron chi connectivity index (χ4n) is 6.45. The van der Waals surface area contributed by atoms with Crippen LogP contribution in [0.1, 0.15) is 44.6 Å². The van der Waals surface area contributed by atoms with Crippen molar-refractivity contribution in [1.29, 1.82) is 0 Å². The summed E-state index contributed by atoms with van der Waals surface area (Å²) in [7, 11) is 5.79. The van der Waals surface area contributed by atoms with Gasteiger partial charge in [0.1, 0.15) is 28.6 Å². The van der Waals surface area contributed by atoms with E-state index < -0.39 is 5.82 Å². The van der Waals surface area contributed by atoms with Gasteiger partial charge in [0.05, 0.1) is 18.1 Å². The summed E-state index contributed by atoms with van der Waals surface area (Å²) in [6.07, 6.45) is 7.00. The van der Waals surface area contributed by atoms with E-state index in [9.17, 15) is 9.50 Å². The lowest BCUT2D eigenvalue weighted by atomic mass is 9.94. The van der Waals surface area contributed by atoms with Crippen molar-refractivity contribution >= 4 is 27.5 Å². The van der Waals surface area contributed by atoms with Crippen LogP contribution in [-0.4, -0.2) is 78.5 Å². The minimum Gasteiger partial charge on any atom is -0.508 e. The summed E-state index contributed by atoms with van der Waals surface area (Å²) < 4.78 is 43.6. The second-order valence-electron chi connectivity index (χ2n) is 12.3. The highest BCUT2D eigenvalue weighted by Gasteiger charge is 2.44. The van der Waals surface area contributed by atoms with Gasteiger partial charge in [0.25, 0.3) is 0 Å². The first-order chi connectivity index (χ1) is 20.7. The summed E-state index contributed by atoms with van der Waals surface area (Å²) in [5.74, 6) is -0.558. The van der Waals surface area contributed by atoms with Gasteiger partial charge in [0.15, 0.2) is 5.82 Å². The number of benzene rings is 2. The number of halogens is 2. The Morgan fingerprint density at radius 2 is 1.95 bits per heavy atom. The number of fused-ring (bicyclic) bond motifs is 2. The molecule has 3 heterocycles. The van der Waals surface area contributed by atoms with Crippen LogP contribution in [-0.2, 0) is 11.2 Å². The van der Waals surface area contributed by atoms with E-state index in [2.05, 4.69) is 19.8 Å². The Morgan fingerprint density at radius 3 is 2.67 bits per heavy atom. The minimum atomic E-state index is -0.670. The van der Waals surface area contributed by atoms with Gasteiger partial charge < -0.3 is 24.4 Å². The number of pyridine rings is 1. The topological polar surface area (TPSA) is 83.8 Å². The van der Waals surface area contributed by atoms with Crippen molar-refractivity contribution in [2.24, 2.45) is 5.41 Å². The molecule has 0 bridgehead atoms. The third-order valence-electron chi connectivity index (χ3n) is 8.78. The number of phenols is 1. The van der Waals surface area contributed by atoms with Gasteiger partial charge in [-0.25, -0.2) is 8.78 Å². The molecule has 10 heteroatoms. The molecule has 1 aliphatic heterocycles. The monoisotopic (exact) mass is 591 g/mol. The van der Waals surface area contributed by atoms with Crippen molar-refractivity contribution < 1.29 is 23.4 Å². The molecule has 2 aromatic carbocycles. The predicted octanol–water partition coefficient (Wildman–Crippen LogP) is 6.12.